The summed E-state index contributed by atoms with van der Waals surface area (Å²) in [5.41, 5.74) is 0. The Kier molecular flexibility index (Phi) is 2.94. The third-order valence-electron chi connectivity index (χ3n) is 1.69. The highest BCUT2D eigenvalue weighted by Gasteiger charge is 2.22. The van der Waals surface area contributed by atoms with Gasteiger partial charge in [0.2, 0.25) is 0 Å². The second kappa shape index (κ2) is 3.98. The summed E-state index contributed by atoms with van der Waals surface area (Å²) >= 11 is 0. The van der Waals surface area contributed by atoms with Crippen LogP contribution < -0.4 is 0 Å². The van der Waals surface area contributed by atoms with E-state index in [9.17, 15) is 4.79 Å². The molecule has 1 rings (SSSR count). The fourth-order valence-corrected chi connectivity index (χ4v) is 1.05. The summed E-state index contributed by atoms with van der Waals surface area (Å²) in [6.07, 6.45) is 4.51. The standard InChI is InChI=1S/C8H11NO3/c1-3-7-6-9(4-5-12-7)8(10)11-2/h1,7H,4-6H2,2H3. The number of hydrogen-bond donors (Lipinski definition) is 0. The topological polar surface area (TPSA) is 38.8 Å². The molecule has 4 heteroatoms. The SMILES string of the molecule is C#CC1CN(C(=O)OC)CCO1. The lowest BCUT2D eigenvalue weighted by Crippen LogP contribution is -2.45. The van der Waals surface area contributed by atoms with Gasteiger partial charge < -0.3 is 14.4 Å². The van der Waals surface area contributed by atoms with E-state index in [-0.39, 0.29) is 12.2 Å². The minimum Gasteiger partial charge on any atom is -0.453 e. The van der Waals surface area contributed by atoms with E-state index < -0.39 is 0 Å². The van der Waals surface area contributed by atoms with Crippen LogP contribution in [-0.2, 0) is 9.47 Å². The third-order valence-corrected chi connectivity index (χ3v) is 1.69. The molecule has 1 amide bonds. The van der Waals surface area contributed by atoms with Crippen molar-refractivity contribution in [3.05, 3.63) is 0 Å². The summed E-state index contributed by atoms with van der Waals surface area (Å²) in [5.74, 6) is 2.44. The molecule has 1 fully saturated rings. The number of rotatable bonds is 0. The van der Waals surface area contributed by atoms with Crippen molar-refractivity contribution in [3.8, 4) is 12.3 Å². The molecule has 0 aromatic heterocycles. The minimum atomic E-state index is -0.349. The molecule has 0 N–H and O–H groups in total. The molecule has 66 valence electrons. The predicted molar refractivity (Wildman–Crippen MR) is 42.6 cm³/mol. The van der Waals surface area contributed by atoms with E-state index in [0.717, 1.165) is 0 Å². The lowest BCUT2D eigenvalue weighted by Gasteiger charge is -2.29. The molecule has 0 radical (unpaired) electrons. The Morgan fingerprint density at radius 1 is 1.83 bits per heavy atom. The average molecular weight is 169 g/mol. The quantitative estimate of drug-likeness (QED) is 0.482. The Morgan fingerprint density at radius 3 is 3.17 bits per heavy atom. The van der Waals surface area contributed by atoms with Gasteiger partial charge in [-0.15, -0.1) is 6.42 Å². The summed E-state index contributed by atoms with van der Waals surface area (Å²) in [4.78, 5) is 12.5. The molecule has 0 aromatic carbocycles. The summed E-state index contributed by atoms with van der Waals surface area (Å²) < 4.78 is 9.71. The summed E-state index contributed by atoms with van der Waals surface area (Å²) in [6.45, 7) is 1.44. The summed E-state index contributed by atoms with van der Waals surface area (Å²) in [6, 6.07) is 0. The fraction of sp³-hybridized carbons (Fsp3) is 0.625. The molecular weight excluding hydrogens is 158 g/mol. The first-order valence-electron chi connectivity index (χ1n) is 3.68. The van der Waals surface area contributed by atoms with Crippen LogP contribution in [0.4, 0.5) is 4.79 Å². The van der Waals surface area contributed by atoms with E-state index >= 15 is 0 Å². The maximum atomic E-state index is 11.0. The van der Waals surface area contributed by atoms with Crippen LogP contribution in [0.1, 0.15) is 0 Å². The second-order valence-electron chi connectivity index (χ2n) is 2.44. The molecule has 1 saturated heterocycles. The highest BCUT2D eigenvalue weighted by Crippen LogP contribution is 2.04. The van der Waals surface area contributed by atoms with Gasteiger partial charge in [-0.3, -0.25) is 0 Å². The zero-order valence-electron chi connectivity index (χ0n) is 6.95. The largest absolute Gasteiger partial charge is 0.453 e. The molecule has 0 spiro atoms. The van der Waals surface area contributed by atoms with Crippen LogP contribution in [0, 0.1) is 12.3 Å². The van der Waals surface area contributed by atoms with E-state index in [4.69, 9.17) is 11.2 Å². The van der Waals surface area contributed by atoms with Gasteiger partial charge in [0.25, 0.3) is 0 Å². The predicted octanol–water partition coefficient (Wildman–Crippen LogP) is 0.0868. The first-order chi connectivity index (χ1) is 5.77. The molecule has 1 aliphatic rings. The Labute approximate surface area is 71.4 Å². The normalized spacial score (nSPS) is 23.0. The zero-order valence-corrected chi connectivity index (χ0v) is 6.95. The molecular formula is C8H11NO3. The number of hydrogen-bond acceptors (Lipinski definition) is 3. The van der Waals surface area contributed by atoms with Gasteiger partial charge in [-0.05, 0) is 0 Å². The van der Waals surface area contributed by atoms with Crippen LogP contribution in [0.25, 0.3) is 0 Å². The molecule has 4 nitrogen and oxygen atoms in total. The third kappa shape index (κ3) is 1.89. The average Bonchev–Trinajstić information content (AvgIpc) is 2.17. The van der Waals surface area contributed by atoms with Crippen molar-refractivity contribution >= 4 is 6.09 Å². The molecule has 0 aromatic rings. The van der Waals surface area contributed by atoms with E-state index in [1.807, 2.05) is 0 Å². The minimum absolute atomic E-state index is 0.294. The molecule has 0 saturated carbocycles. The molecule has 1 atom stereocenters. The van der Waals surface area contributed by atoms with Crippen molar-refractivity contribution in [3.63, 3.8) is 0 Å². The number of terminal acetylenes is 1. The van der Waals surface area contributed by atoms with Crippen molar-refractivity contribution in [1.29, 1.82) is 0 Å². The summed E-state index contributed by atoms with van der Waals surface area (Å²) in [5, 5.41) is 0. The monoisotopic (exact) mass is 169 g/mol. The van der Waals surface area contributed by atoms with Gasteiger partial charge >= 0.3 is 6.09 Å². The van der Waals surface area contributed by atoms with Crippen LogP contribution in [0.15, 0.2) is 0 Å². The first kappa shape index (κ1) is 8.88. The van der Waals surface area contributed by atoms with Crippen LogP contribution in [0.2, 0.25) is 0 Å². The van der Waals surface area contributed by atoms with Gasteiger partial charge in [-0.2, -0.15) is 0 Å². The number of ether oxygens (including phenoxy) is 2. The van der Waals surface area contributed by atoms with Crippen LogP contribution >= 0.6 is 0 Å². The summed E-state index contributed by atoms with van der Waals surface area (Å²) in [7, 11) is 1.35. The Balaban J connectivity index is 2.47. The number of carbonyl (C=O) groups is 1. The molecule has 0 aliphatic carbocycles. The van der Waals surface area contributed by atoms with E-state index in [1.165, 1.54) is 12.0 Å². The van der Waals surface area contributed by atoms with Crippen molar-refractivity contribution in [2.24, 2.45) is 0 Å². The Morgan fingerprint density at radius 2 is 2.58 bits per heavy atom. The fourth-order valence-electron chi connectivity index (χ4n) is 1.05. The number of methoxy groups -OCH3 is 1. The van der Waals surface area contributed by atoms with Crippen molar-refractivity contribution in [1.82, 2.24) is 4.90 Å². The van der Waals surface area contributed by atoms with Gasteiger partial charge in [0.15, 0.2) is 0 Å². The second-order valence-corrected chi connectivity index (χ2v) is 2.44. The van der Waals surface area contributed by atoms with Gasteiger partial charge in [0.1, 0.15) is 6.10 Å². The number of amides is 1. The first-order valence-corrected chi connectivity index (χ1v) is 3.68. The van der Waals surface area contributed by atoms with Crippen LogP contribution in [-0.4, -0.2) is 43.9 Å². The number of nitrogens with zero attached hydrogens (tertiary/aromatic N) is 1. The lowest BCUT2D eigenvalue weighted by atomic mass is 10.3. The van der Waals surface area contributed by atoms with Crippen molar-refractivity contribution in [2.75, 3.05) is 26.8 Å². The smallest absolute Gasteiger partial charge is 0.409 e. The molecule has 0 bridgehead atoms. The number of morpholine rings is 1. The van der Waals surface area contributed by atoms with Crippen molar-refractivity contribution < 1.29 is 14.3 Å². The zero-order chi connectivity index (χ0) is 8.97. The van der Waals surface area contributed by atoms with E-state index in [2.05, 4.69) is 10.7 Å². The highest BCUT2D eigenvalue weighted by molar-refractivity contribution is 5.67. The maximum absolute atomic E-state index is 11.0. The molecule has 1 unspecified atom stereocenters. The molecule has 12 heavy (non-hydrogen) atoms. The molecule has 1 heterocycles. The Bertz CT molecular complexity index is 209. The van der Waals surface area contributed by atoms with E-state index in [0.29, 0.717) is 19.7 Å². The Hall–Kier alpha value is -1.21. The van der Waals surface area contributed by atoms with Crippen LogP contribution in [0.5, 0.6) is 0 Å². The van der Waals surface area contributed by atoms with Gasteiger partial charge in [-0.25, -0.2) is 4.79 Å². The lowest BCUT2D eigenvalue weighted by molar-refractivity contribution is 0.00291. The number of carbonyl (C=O) groups excluding carboxylic acids is 1. The van der Waals surface area contributed by atoms with Gasteiger partial charge in [-0.1, -0.05) is 5.92 Å². The highest BCUT2D eigenvalue weighted by atomic mass is 16.5. The van der Waals surface area contributed by atoms with E-state index in [1.54, 1.807) is 0 Å². The van der Waals surface area contributed by atoms with Crippen molar-refractivity contribution in [2.45, 2.75) is 6.10 Å². The van der Waals surface area contributed by atoms with Crippen LogP contribution in [0.3, 0.4) is 0 Å². The maximum Gasteiger partial charge on any atom is 0.409 e. The molecule has 1 aliphatic heterocycles. The van der Waals surface area contributed by atoms with Gasteiger partial charge in [0.05, 0.1) is 20.3 Å². The van der Waals surface area contributed by atoms with Gasteiger partial charge in [0, 0.05) is 6.54 Å².